The lowest BCUT2D eigenvalue weighted by atomic mass is 10.1. The smallest absolute Gasteiger partial charge is 0.255 e. The number of carbonyl (C=O) groups excluding carboxylic acids is 1. The van der Waals surface area contributed by atoms with Crippen LogP contribution in [0.5, 0.6) is 11.5 Å². The van der Waals surface area contributed by atoms with E-state index in [-0.39, 0.29) is 5.91 Å². The fraction of sp³-hybridized carbons (Fsp3) is 0.278. The fourth-order valence-corrected chi connectivity index (χ4v) is 2.91. The van der Waals surface area contributed by atoms with Gasteiger partial charge in [-0.05, 0) is 23.8 Å². The third-order valence-corrected chi connectivity index (χ3v) is 4.33. The van der Waals surface area contributed by atoms with Gasteiger partial charge in [0.25, 0.3) is 5.91 Å². The topological polar surface area (TPSA) is 47.6 Å². The lowest BCUT2D eigenvalue weighted by Crippen LogP contribution is -2.26. The third-order valence-electron chi connectivity index (χ3n) is 3.29. The minimum absolute atomic E-state index is 0.152. The monoisotopic (exact) mass is 331 g/mol. The average Bonchev–Trinajstić information content (AvgIpc) is 2.61. The molecule has 0 unspecified atom stereocenters. The number of ether oxygens (including phenoxy) is 2. The van der Waals surface area contributed by atoms with E-state index >= 15 is 0 Å². The summed E-state index contributed by atoms with van der Waals surface area (Å²) in [6.07, 6.45) is 0. The van der Waals surface area contributed by atoms with E-state index in [9.17, 15) is 4.79 Å². The predicted octanol–water partition coefficient (Wildman–Crippen LogP) is 3.37. The minimum atomic E-state index is -0.152. The molecule has 4 nitrogen and oxygen atoms in total. The first-order valence-electron chi connectivity index (χ1n) is 7.36. The number of carbonyl (C=O) groups is 1. The van der Waals surface area contributed by atoms with Crippen molar-refractivity contribution in [2.75, 3.05) is 26.5 Å². The second-order valence-electron chi connectivity index (χ2n) is 4.86. The molecule has 0 fully saturated rings. The Hall–Kier alpha value is -2.14. The highest BCUT2D eigenvalue weighted by molar-refractivity contribution is 7.98. The van der Waals surface area contributed by atoms with Crippen LogP contribution in [0.3, 0.4) is 0 Å². The summed E-state index contributed by atoms with van der Waals surface area (Å²) in [6, 6.07) is 15.5. The van der Waals surface area contributed by atoms with Gasteiger partial charge in [0.05, 0.1) is 19.8 Å². The van der Waals surface area contributed by atoms with Crippen LogP contribution in [0.15, 0.2) is 48.5 Å². The Labute approximate surface area is 141 Å². The largest absolute Gasteiger partial charge is 0.497 e. The molecule has 1 amide bonds. The molecule has 2 rings (SSSR count). The van der Waals surface area contributed by atoms with Crippen LogP contribution in [0.2, 0.25) is 0 Å². The molecule has 122 valence electrons. The van der Waals surface area contributed by atoms with Gasteiger partial charge >= 0.3 is 0 Å². The molecule has 0 atom stereocenters. The van der Waals surface area contributed by atoms with Crippen molar-refractivity contribution in [1.82, 2.24) is 5.32 Å². The standard InChI is InChI=1S/C18H21NO3S/c1-21-15-8-9-17(22-2)16(12-15)18(20)19-10-11-23-13-14-6-4-3-5-7-14/h3-9,12H,10-11,13H2,1-2H3,(H,19,20). The van der Waals surface area contributed by atoms with Crippen LogP contribution in [-0.2, 0) is 5.75 Å². The van der Waals surface area contributed by atoms with E-state index in [4.69, 9.17) is 9.47 Å². The Balaban J connectivity index is 1.80. The molecule has 0 saturated carbocycles. The predicted molar refractivity (Wildman–Crippen MR) is 94.5 cm³/mol. The lowest BCUT2D eigenvalue weighted by molar-refractivity contribution is 0.0953. The van der Waals surface area contributed by atoms with E-state index in [1.165, 1.54) is 5.56 Å². The first-order chi connectivity index (χ1) is 11.2. The first-order valence-corrected chi connectivity index (χ1v) is 8.52. The van der Waals surface area contributed by atoms with Crippen LogP contribution < -0.4 is 14.8 Å². The number of rotatable bonds is 8. The summed E-state index contributed by atoms with van der Waals surface area (Å²) >= 11 is 1.79. The second kappa shape index (κ2) is 9.10. The van der Waals surface area contributed by atoms with Crippen molar-refractivity contribution >= 4 is 17.7 Å². The van der Waals surface area contributed by atoms with E-state index < -0.39 is 0 Å². The highest BCUT2D eigenvalue weighted by atomic mass is 32.2. The van der Waals surface area contributed by atoms with Gasteiger partial charge in [-0.1, -0.05) is 30.3 Å². The zero-order valence-electron chi connectivity index (χ0n) is 13.4. The molecule has 2 aromatic carbocycles. The second-order valence-corrected chi connectivity index (χ2v) is 5.97. The minimum Gasteiger partial charge on any atom is -0.497 e. The van der Waals surface area contributed by atoms with Crippen molar-refractivity contribution in [3.63, 3.8) is 0 Å². The summed E-state index contributed by atoms with van der Waals surface area (Å²) < 4.78 is 10.4. The van der Waals surface area contributed by atoms with Crippen LogP contribution in [0.1, 0.15) is 15.9 Å². The SMILES string of the molecule is COc1ccc(OC)c(C(=O)NCCSCc2ccccc2)c1. The molecular formula is C18H21NO3S. The molecule has 0 aliphatic rings. The number of hydrogen-bond acceptors (Lipinski definition) is 4. The van der Waals surface area contributed by atoms with E-state index in [0.29, 0.717) is 23.6 Å². The summed E-state index contributed by atoms with van der Waals surface area (Å²) in [5.41, 5.74) is 1.78. The molecule has 1 N–H and O–H groups in total. The summed E-state index contributed by atoms with van der Waals surface area (Å²) in [7, 11) is 3.12. The summed E-state index contributed by atoms with van der Waals surface area (Å²) in [4.78, 5) is 12.3. The molecule has 5 heteroatoms. The van der Waals surface area contributed by atoms with Gasteiger partial charge in [-0.2, -0.15) is 11.8 Å². The normalized spacial score (nSPS) is 10.2. The van der Waals surface area contributed by atoms with Crippen LogP contribution in [0.4, 0.5) is 0 Å². The van der Waals surface area contributed by atoms with Crippen LogP contribution in [0.25, 0.3) is 0 Å². The Morgan fingerprint density at radius 1 is 1.09 bits per heavy atom. The Morgan fingerprint density at radius 3 is 2.57 bits per heavy atom. The summed E-state index contributed by atoms with van der Waals surface area (Å²) in [5.74, 6) is 2.82. The number of amides is 1. The molecule has 0 spiro atoms. The molecule has 0 saturated heterocycles. The van der Waals surface area contributed by atoms with Crippen LogP contribution in [-0.4, -0.2) is 32.4 Å². The van der Waals surface area contributed by atoms with Crippen molar-refractivity contribution in [1.29, 1.82) is 0 Å². The molecule has 0 heterocycles. The molecule has 0 bridgehead atoms. The van der Waals surface area contributed by atoms with Gasteiger partial charge in [0.15, 0.2) is 0 Å². The van der Waals surface area contributed by atoms with Gasteiger partial charge in [0.2, 0.25) is 0 Å². The Morgan fingerprint density at radius 2 is 1.87 bits per heavy atom. The summed E-state index contributed by atoms with van der Waals surface area (Å²) in [6.45, 7) is 0.608. The Bertz CT molecular complexity index is 631. The molecule has 0 aliphatic heterocycles. The molecule has 23 heavy (non-hydrogen) atoms. The van der Waals surface area contributed by atoms with Crippen LogP contribution >= 0.6 is 11.8 Å². The molecule has 0 aliphatic carbocycles. The molecular weight excluding hydrogens is 310 g/mol. The van der Waals surface area contributed by atoms with Crippen LogP contribution in [0, 0.1) is 0 Å². The van der Waals surface area contributed by atoms with Gasteiger partial charge in [-0.3, -0.25) is 4.79 Å². The van der Waals surface area contributed by atoms with Crippen molar-refractivity contribution in [2.45, 2.75) is 5.75 Å². The van der Waals surface area contributed by atoms with E-state index in [2.05, 4.69) is 17.4 Å². The van der Waals surface area contributed by atoms with E-state index in [1.807, 2.05) is 18.2 Å². The number of hydrogen-bond donors (Lipinski definition) is 1. The lowest BCUT2D eigenvalue weighted by Gasteiger charge is -2.11. The molecule has 0 radical (unpaired) electrons. The third kappa shape index (κ3) is 5.21. The van der Waals surface area contributed by atoms with E-state index in [0.717, 1.165) is 11.5 Å². The van der Waals surface area contributed by atoms with Gasteiger partial charge in [-0.25, -0.2) is 0 Å². The quantitative estimate of drug-likeness (QED) is 0.754. The van der Waals surface area contributed by atoms with Crippen molar-refractivity contribution in [3.05, 3.63) is 59.7 Å². The number of methoxy groups -OCH3 is 2. The maximum atomic E-state index is 12.3. The van der Waals surface area contributed by atoms with Crippen molar-refractivity contribution < 1.29 is 14.3 Å². The zero-order valence-corrected chi connectivity index (χ0v) is 14.2. The molecule has 0 aromatic heterocycles. The average molecular weight is 331 g/mol. The van der Waals surface area contributed by atoms with Crippen molar-refractivity contribution in [3.8, 4) is 11.5 Å². The maximum absolute atomic E-state index is 12.3. The van der Waals surface area contributed by atoms with Gasteiger partial charge < -0.3 is 14.8 Å². The van der Waals surface area contributed by atoms with Gasteiger partial charge in [-0.15, -0.1) is 0 Å². The maximum Gasteiger partial charge on any atom is 0.255 e. The number of thioether (sulfide) groups is 1. The zero-order chi connectivity index (χ0) is 16.5. The molecule has 2 aromatic rings. The summed E-state index contributed by atoms with van der Waals surface area (Å²) in [5, 5.41) is 2.92. The number of nitrogens with one attached hydrogen (secondary N) is 1. The number of benzene rings is 2. The first kappa shape index (κ1) is 17.2. The highest BCUT2D eigenvalue weighted by Gasteiger charge is 2.13. The Kier molecular flexibility index (Phi) is 6.81. The van der Waals surface area contributed by atoms with Gasteiger partial charge in [0.1, 0.15) is 11.5 Å². The highest BCUT2D eigenvalue weighted by Crippen LogP contribution is 2.23. The van der Waals surface area contributed by atoms with Crippen molar-refractivity contribution in [2.24, 2.45) is 0 Å². The van der Waals surface area contributed by atoms with E-state index in [1.54, 1.807) is 44.2 Å². The van der Waals surface area contributed by atoms with Gasteiger partial charge in [0, 0.05) is 18.1 Å². The fourth-order valence-electron chi connectivity index (χ4n) is 2.09.